The summed E-state index contributed by atoms with van der Waals surface area (Å²) >= 11 is 0. The highest BCUT2D eigenvalue weighted by Gasteiger charge is 2.27. The minimum Gasteiger partial charge on any atom is -0.433 e. The molecule has 0 aliphatic carbocycles. The SMILES string of the molecule is C/C=C(\Nc1ccc(F)c(N2CCC(N3CCOCC3)CC2)c1)C(=O)c1cnn(-c2cnc(Oc3c(F)cccc3F)cc2C)c1N. The molecule has 2 fully saturated rings. The maximum absolute atomic E-state index is 15.0. The number of halogens is 3. The van der Waals surface area contributed by atoms with Crippen LogP contribution in [0.1, 0.15) is 35.7 Å². The first kappa shape index (κ1) is 32.1. The quantitative estimate of drug-likeness (QED) is 0.170. The molecule has 246 valence electrons. The first-order chi connectivity index (χ1) is 22.7. The summed E-state index contributed by atoms with van der Waals surface area (Å²) in [6, 6.07) is 10.1. The topological polar surface area (TPSA) is 111 Å². The zero-order valence-corrected chi connectivity index (χ0v) is 26.2. The molecule has 10 nitrogen and oxygen atoms in total. The number of ether oxygens (including phenoxy) is 2. The molecule has 3 N–H and O–H groups in total. The van der Waals surface area contributed by atoms with E-state index in [9.17, 15) is 13.6 Å². The number of ketones is 1. The molecule has 2 aromatic heterocycles. The zero-order chi connectivity index (χ0) is 33.1. The number of carbonyl (C=O) groups is 1. The highest BCUT2D eigenvalue weighted by molar-refractivity contribution is 6.13. The summed E-state index contributed by atoms with van der Waals surface area (Å²) in [7, 11) is 0. The van der Waals surface area contributed by atoms with Crippen molar-refractivity contribution in [2.45, 2.75) is 32.7 Å². The minimum absolute atomic E-state index is 0.0298. The summed E-state index contributed by atoms with van der Waals surface area (Å²) in [6.45, 7) is 8.26. The van der Waals surface area contributed by atoms with Gasteiger partial charge in [0.25, 0.3) is 0 Å². The van der Waals surface area contributed by atoms with Crippen LogP contribution in [0.3, 0.4) is 0 Å². The predicted molar refractivity (Wildman–Crippen MR) is 173 cm³/mol. The summed E-state index contributed by atoms with van der Waals surface area (Å²) < 4.78 is 55.3. The zero-order valence-electron chi connectivity index (χ0n) is 26.2. The Balaban J connectivity index is 1.14. The lowest BCUT2D eigenvalue weighted by atomic mass is 10.0. The van der Waals surface area contributed by atoms with E-state index in [0.29, 0.717) is 28.7 Å². The van der Waals surface area contributed by atoms with E-state index in [1.54, 1.807) is 32.1 Å². The van der Waals surface area contributed by atoms with Crippen LogP contribution in [0, 0.1) is 24.4 Å². The second-order valence-corrected chi connectivity index (χ2v) is 11.5. The average molecular weight is 648 g/mol. The summed E-state index contributed by atoms with van der Waals surface area (Å²) in [6.07, 6.45) is 6.24. The minimum atomic E-state index is -0.859. The van der Waals surface area contributed by atoms with Crippen molar-refractivity contribution in [2.75, 3.05) is 55.3 Å². The molecule has 47 heavy (non-hydrogen) atoms. The smallest absolute Gasteiger partial charge is 0.219 e. The number of carbonyl (C=O) groups excluding carboxylic acids is 1. The Kier molecular flexibility index (Phi) is 9.45. The molecule has 2 saturated heterocycles. The van der Waals surface area contributed by atoms with Crippen molar-refractivity contribution < 1.29 is 27.4 Å². The molecular weight excluding hydrogens is 611 g/mol. The van der Waals surface area contributed by atoms with Gasteiger partial charge in [-0.2, -0.15) is 5.10 Å². The molecule has 2 aliphatic rings. The van der Waals surface area contributed by atoms with Crippen molar-refractivity contribution in [1.82, 2.24) is 19.7 Å². The Labute approximate surface area is 270 Å². The third-order valence-corrected chi connectivity index (χ3v) is 8.59. The second kappa shape index (κ2) is 13.9. The Morgan fingerprint density at radius 2 is 1.72 bits per heavy atom. The number of hydrogen-bond acceptors (Lipinski definition) is 9. The number of rotatable bonds is 9. The van der Waals surface area contributed by atoms with Crippen molar-refractivity contribution in [3.8, 4) is 17.3 Å². The first-order valence-corrected chi connectivity index (χ1v) is 15.5. The van der Waals surface area contributed by atoms with Gasteiger partial charge >= 0.3 is 0 Å². The third-order valence-electron chi connectivity index (χ3n) is 8.59. The summed E-state index contributed by atoms with van der Waals surface area (Å²) in [5, 5.41) is 7.44. The number of nitrogens with two attached hydrogens (primary N) is 1. The van der Waals surface area contributed by atoms with Crippen LogP contribution < -0.4 is 20.7 Å². The van der Waals surface area contributed by atoms with E-state index in [1.807, 2.05) is 0 Å². The lowest BCUT2D eigenvalue weighted by Crippen LogP contribution is -2.49. The Hall–Kier alpha value is -4.88. The van der Waals surface area contributed by atoms with Crippen LogP contribution in [0.5, 0.6) is 11.6 Å². The van der Waals surface area contributed by atoms with Gasteiger partial charge in [-0.05, 0) is 62.6 Å². The Bertz CT molecular complexity index is 1780. The summed E-state index contributed by atoms with van der Waals surface area (Å²) in [5.41, 5.74) is 8.85. The molecule has 0 unspecified atom stereocenters. The van der Waals surface area contributed by atoms with Gasteiger partial charge in [0.1, 0.15) is 11.6 Å². The number of allylic oxidation sites excluding steroid dienone is 2. The molecule has 2 aromatic carbocycles. The van der Waals surface area contributed by atoms with E-state index in [-0.39, 0.29) is 28.8 Å². The van der Waals surface area contributed by atoms with Gasteiger partial charge in [0, 0.05) is 44.0 Å². The number of anilines is 3. The lowest BCUT2D eigenvalue weighted by Gasteiger charge is -2.41. The number of nitrogens with zero attached hydrogens (tertiary/aromatic N) is 5. The van der Waals surface area contributed by atoms with Gasteiger partial charge in [-0.25, -0.2) is 22.8 Å². The van der Waals surface area contributed by atoms with E-state index < -0.39 is 23.2 Å². The summed E-state index contributed by atoms with van der Waals surface area (Å²) in [4.78, 5) is 22.3. The van der Waals surface area contributed by atoms with Crippen LogP contribution in [-0.4, -0.2) is 70.9 Å². The van der Waals surface area contributed by atoms with Crippen molar-refractivity contribution in [3.63, 3.8) is 0 Å². The fraction of sp³-hybridized carbons (Fsp3) is 0.324. The van der Waals surface area contributed by atoms with Gasteiger partial charge in [0.05, 0.1) is 48.2 Å². The molecule has 0 atom stereocenters. The fourth-order valence-corrected chi connectivity index (χ4v) is 6.02. The van der Waals surface area contributed by atoms with Gasteiger partial charge in [0.2, 0.25) is 17.4 Å². The molecule has 2 aliphatic heterocycles. The van der Waals surface area contributed by atoms with Gasteiger partial charge in [-0.3, -0.25) is 9.69 Å². The number of morpholine rings is 1. The average Bonchev–Trinajstić information content (AvgIpc) is 3.47. The van der Waals surface area contributed by atoms with Crippen molar-refractivity contribution in [1.29, 1.82) is 0 Å². The maximum atomic E-state index is 15.0. The van der Waals surface area contributed by atoms with Crippen LogP contribution in [0.25, 0.3) is 5.69 Å². The van der Waals surface area contributed by atoms with Gasteiger partial charge in [0.15, 0.2) is 11.6 Å². The van der Waals surface area contributed by atoms with Crippen molar-refractivity contribution in [3.05, 3.63) is 95.2 Å². The molecule has 4 aromatic rings. The highest BCUT2D eigenvalue weighted by Crippen LogP contribution is 2.31. The summed E-state index contributed by atoms with van der Waals surface area (Å²) in [5.74, 6) is -2.97. The van der Waals surface area contributed by atoms with Crippen LogP contribution in [-0.2, 0) is 4.74 Å². The molecule has 4 heterocycles. The van der Waals surface area contributed by atoms with Gasteiger partial charge in [-0.15, -0.1) is 0 Å². The number of piperidine rings is 1. The number of nitrogen functional groups attached to an aromatic ring is 1. The van der Waals surface area contributed by atoms with Crippen LogP contribution >= 0.6 is 0 Å². The van der Waals surface area contributed by atoms with Crippen LogP contribution in [0.2, 0.25) is 0 Å². The van der Waals surface area contributed by atoms with E-state index >= 15 is 4.39 Å². The standard InChI is InChI=1S/C34H36F3N7O3/c1-3-28(41-22-7-8-25(35)29(18-22)43-11-9-23(10-12-43)42-13-15-46-16-14-42)32(45)24-19-40-44(34(24)38)30-20-39-31(17-21(30)2)47-33-26(36)5-4-6-27(33)37/h3-8,17-20,23,41H,9-16,38H2,1-2H3/b28-3-. The third kappa shape index (κ3) is 6.81. The number of nitrogens with one attached hydrogen (secondary N) is 1. The maximum Gasteiger partial charge on any atom is 0.219 e. The first-order valence-electron chi connectivity index (χ1n) is 15.5. The van der Waals surface area contributed by atoms with Crippen LogP contribution in [0.4, 0.5) is 30.4 Å². The van der Waals surface area contributed by atoms with Gasteiger partial charge < -0.3 is 25.4 Å². The monoisotopic (exact) mass is 647 g/mol. The highest BCUT2D eigenvalue weighted by atomic mass is 19.1. The van der Waals surface area contributed by atoms with Crippen molar-refractivity contribution in [2.24, 2.45) is 0 Å². The van der Waals surface area contributed by atoms with E-state index in [1.165, 1.54) is 35.3 Å². The Morgan fingerprint density at radius 1 is 1.00 bits per heavy atom. The molecule has 0 spiro atoms. The number of aryl methyl sites for hydroxylation is 1. The molecule has 0 bridgehead atoms. The molecule has 0 radical (unpaired) electrons. The van der Waals surface area contributed by atoms with E-state index in [0.717, 1.165) is 64.4 Å². The molecule has 6 rings (SSSR count). The molecule has 0 saturated carbocycles. The fourth-order valence-electron chi connectivity index (χ4n) is 6.02. The number of Topliss-reactive ketones (excluding diaryl/α,β-unsaturated/α-hetero) is 1. The normalized spacial score (nSPS) is 16.4. The Morgan fingerprint density at radius 3 is 2.40 bits per heavy atom. The van der Waals surface area contributed by atoms with E-state index in [2.05, 4.69) is 25.2 Å². The number of pyridine rings is 1. The molecule has 0 amide bonds. The number of benzene rings is 2. The van der Waals surface area contributed by atoms with Crippen LogP contribution in [0.15, 0.2) is 66.6 Å². The van der Waals surface area contributed by atoms with Crippen molar-refractivity contribution >= 4 is 23.0 Å². The van der Waals surface area contributed by atoms with Gasteiger partial charge in [-0.1, -0.05) is 12.1 Å². The largest absolute Gasteiger partial charge is 0.433 e. The molecular formula is C34H36F3N7O3. The lowest BCUT2D eigenvalue weighted by molar-refractivity contribution is 0.0115. The predicted octanol–water partition coefficient (Wildman–Crippen LogP) is 5.87. The second-order valence-electron chi connectivity index (χ2n) is 11.5. The number of hydrogen-bond donors (Lipinski definition) is 2. The number of aromatic nitrogens is 3. The van der Waals surface area contributed by atoms with E-state index in [4.69, 9.17) is 15.2 Å². The number of para-hydroxylation sites is 1. The molecule has 13 heteroatoms.